The van der Waals surface area contributed by atoms with Crippen molar-refractivity contribution in [1.29, 1.82) is 0 Å². The van der Waals surface area contributed by atoms with Crippen LogP contribution in [-0.2, 0) is 4.74 Å². The first-order valence-corrected chi connectivity index (χ1v) is 6.18. The topological polar surface area (TPSA) is 32.7 Å². The van der Waals surface area contributed by atoms with Gasteiger partial charge in [-0.3, -0.25) is 4.90 Å². The van der Waals surface area contributed by atoms with Crippen LogP contribution in [0.2, 0.25) is 0 Å². The molecule has 15 heavy (non-hydrogen) atoms. The first-order chi connectivity index (χ1) is 7.26. The minimum atomic E-state index is 0.331. The van der Waals surface area contributed by atoms with Gasteiger partial charge in [0, 0.05) is 44.4 Å². The van der Waals surface area contributed by atoms with Gasteiger partial charge in [0.05, 0.1) is 0 Å². The lowest BCUT2D eigenvalue weighted by molar-refractivity contribution is -0.0959. The highest BCUT2D eigenvalue weighted by Crippen LogP contribution is 2.41. The van der Waals surface area contributed by atoms with Crippen LogP contribution >= 0.6 is 0 Å². The summed E-state index contributed by atoms with van der Waals surface area (Å²) in [4.78, 5) is 2.56. The largest absolute Gasteiger partial charge is 0.396 e. The molecule has 2 aliphatic heterocycles. The molecule has 0 aliphatic carbocycles. The molecule has 0 amide bonds. The molecule has 2 aliphatic rings. The number of rotatable bonds is 4. The highest BCUT2D eigenvalue weighted by molar-refractivity contribution is 4.97. The molecule has 2 heterocycles. The summed E-state index contributed by atoms with van der Waals surface area (Å²) in [6.45, 7) is 7.03. The molecule has 0 radical (unpaired) electrons. The van der Waals surface area contributed by atoms with E-state index in [9.17, 15) is 0 Å². The van der Waals surface area contributed by atoms with Gasteiger partial charge in [-0.15, -0.1) is 0 Å². The molecule has 1 atom stereocenters. The van der Waals surface area contributed by atoms with Crippen molar-refractivity contribution in [3.05, 3.63) is 0 Å². The van der Waals surface area contributed by atoms with E-state index in [-0.39, 0.29) is 0 Å². The van der Waals surface area contributed by atoms with Gasteiger partial charge in [-0.1, -0.05) is 0 Å². The molecule has 0 aromatic carbocycles. The van der Waals surface area contributed by atoms with Crippen LogP contribution in [0, 0.1) is 5.41 Å². The third-order valence-electron chi connectivity index (χ3n) is 4.03. The van der Waals surface area contributed by atoms with Gasteiger partial charge < -0.3 is 9.84 Å². The molecule has 3 heteroatoms. The zero-order chi connectivity index (χ0) is 10.7. The Hall–Kier alpha value is -0.120. The second-order valence-corrected chi connectivity index (χ2v) is 5.23. The van der Waals surface area contributed by atoms with Gasteiger partial charge in [0.1, 0.15) is 0 Å². The van der Waals surface area contributed by atoms with Crippen LogP contribution < -0.4 is 0 Å². The zero-order valence-electron chi connectivity index (χ0n) is 9.74. The highest BCUT2D eigenvalue weighted by atomic mass is 16.5. The van der Waals surface area contributed by atoms with Gasteiger partial charge >= 0.3 is 0 Å². The molecule has 0 aromatic rings. The van der Waals surface area contributed by atoms with Crippen molar-refractivity contribution in [2.24, 2.45) is 5.41 Å². The number of aliphatic hydroxyl groups excluding tert-OH is 1. The standard InChI is InChI=1S/C12H23NO2/c1-11(3-2-6-14)13-9-12(10-13)4-7-15-8-5-12/h11,14H,2-10H2,1H3. The Morgan fingerprint density at radius 1 is 1.33 bits per heavy atom. The lowest BCUT2D eigenvalue weighted by atomic mass is 9.72. The van der Waals surface area contributed by atoms with Crippen LogP contribution in [0.1, 0.15) is 32.6 Å². The summed E-state index contributed by atoms with van der Waals surface area (Å²) in [6, 6.07) is 0.644. The summed E-state index contributed by atoms with van der Waals surface area (Å²) >= 11 is 0. The normalized spacial score (nSPS) is 27.6. The van der Waals surface area contributed by atoms with Crippen molar-refractivity contribution in [3.8, 4) is 0 Å². The molecule has 1 unspecified atom stereocenters. The minimum Gasteiger partial charge on any atom is -0.396 e. The highest BCUT2D eigenvalue weighted by Gasteiger charge is 2.44. The Morgan fingerprint density at radius 3 is 2.60 bits per heavy atom. The molecule has 2 rings (SSSR count). The average Bonchev–Trinajstić information content (AvgIpc) is 2.23. The van der Waals surface area contributed by atoms with Crippen LogP contribution in [0.5, 0.6) is 0 Å². The summed E-state index contributed by atoms with van der Waals surface area (Å²) in [5.74, 6) is 0. The molecule has 2 saturated heterocycles. The van der Waals surface area contributed by atoms with E-state index < -0.39 is 0 Å². The summed E-state index contributed by atoms with van der Waals surface area (Å²) in [6.07, 6.45) is 4.56. The van der Waals surface area contributed by atoms with Gasteiger partial charge in [-0.2, -0.15) is 0 Å². The van der Waals surface area contributed by atoms with Gasteiger partial charge in [0.25, 0.3) is 0 Å². The number of nitrogens with zero attached hydrogens (tertiary/aromatic N) is 1. The minimum absolute atomic E-state index is 0.331. The Bertz CT molecular complexity index is 194. The third kappa shape index (κ3) is 2.52. The molecule has 1 spiro atoms. The third-order valence-corrected chi connectivity index (χ3v) is 4.03. The van der Waals surface area contributed by atoms with Crippen LogP contribution in [0.25, 0.3) is 0 Å². The van der Waals surface area contributed by atoms with Crippen molar-refractivity contribution in [2.45, 2.75) is 38.6 Å². The summed E-state index contributed by atoms with van der Waals surface area (Å²) in [5, 5.41) is 8.79. The predicted octanol–water partition coefficient (Wildman–Crippen LogP) is 1.26. The predicted molar refractivity (Wildman–Crippen MR) is 59.8 cm³/mol. The molecule has 2 fully saturated rings. The van der Waals surface area contributed by atoms with E-state index >= 15 is 0 Å². The molecular formula is C12H23NO2. The van der Waals surface area contributed by atoms with E-state index in [0.29, 0.717) is 18.1 Å². The Kier molecular flexibility index (Phi) is 3.65. The van der Waals surface area contributed by atoms with E-state index in [1.165, 1.54) is 25.9 Å². The van der Waals surface area contributed by atoms with Crippen molar-refractivity contribution in [3.63, 3.8) is 0 Å². The van der Waals surface area contributed by atoms with Crippen molar-refractivity contribution in [2.75, 3.05) is 32.9 Å². The van der Waals surface area contributed by atoms with E-state index in [4.69, 9.17) is 9.84 Å². The number of ether oxygens (including phenoxy) is 1. The quantitative estimate of drug-likeness (QED) is 0.763. The zero-order valence-corrected chi connectivity index (χ0v) is 9.74. The molecular weight excluding hydrogens is 190 g/mol. The Morgan fingerprint density at radius 2 is 2.00 bits per heavy atom. The molecule has 88 valence electrons. The maximum Gasteiger partial charge on any atom is 0.0472 e. The van der Waals surface area contributed by atoms with E-state index in [0.717, 1.165) is 26.1 Å². The molecule has 0 saturated carbocycles. The van der Waals surface area contributed by atoms with Crippen LogP contribution in [0.15, 0.2) is 0 Å². The van der Waals surface area contributed by atoms with E-state index in [2.05, 4.69) is 11.8 Å². The SMILES string of the molecule is CC(CCCO)N1CC2(CCOCC2)C1. The number of likely N-dealkylation sites (tertiary alicyclic amines) is 1. The monoisotopic (exact) mass is 213 g/mol. The number of aliphatic hydroxyl groups is 1. The molecule has 3 nitrogen and oxygen atoms in total. The van der Waals surface area contributed by atoms with Crippen LogP contribution in [0.4, 0.5) is 0 Å². The smallest absolute Gasteiger partial charge is 0.0472 e. The first-order valence-electron chi connectivity index (χ1n) is 6.18. The van der Waals surface area contributed by atoms with E-state index in [1.54, 1.807) is 0 Å². The Balaban J connectivity index is 1.71. The second kappa shape index (κ2) is 4.81. The van der Waals surface area contributed by atoms with Crippen molar-refractivity contribution < 1.29 is 9.84 Å². The van der Waals surface area contributed by atoms with Crippen molar-refractivity contribution >= 4 is 0 Å². The average molecular weight is 213 g/mol. The second-order valence-electron chi connectivity index (χ2n) is 5.23. The van der Waals surface area contributed by atoms with Crippen LogP contribution in [-0.4, -0.2) is 49.0 Å². The summed E-state index contributed by atoms with van der Waals surface area (Å²) in [5.41, 5.74) is 0.589. The maximum absolute atomic E-state index is 8.79. The van der Waals surface area contributed by atoms with Gasteiger partial charge in [-0.25, -0.2) is 0 Å². The Labute approximate surface area is 92.4 Å². The number of hydrogen-bond acceptors (Lipinski definition) is 3. The lowest BCUT2D eigenvalue weighted by Crippen LogP contribution is -2.60. The first kappa shape index (κ1) is 11.4. The fraction of sp³-hybridized carbons (Fsp3) is 1.00. The van der Waals surface area contributed by atoms with Crippen LogP contribution in [0.3, 0.4) is 0 Å². The van der Waals surface area contributed by atoms with Gasteiger partial charge in [-0.05, 0) is 32.6 Å². The van der Waals surface area contributed by atoms with Gasteiger partial charge in [0.15, 0.2) is 0 Å². The van der Waals surface area contributed by atoms with E-state index in [1.807, 2.05) is 0 Å². The van der Waals surface area contributed by atoms with Gasteiger partial charge in [0.2, 0.25) is 0 Å². The lowest BCUT2D eigenvalue weighted by Gasteiger charge is -2.54. The molecule has 0 aromatic heterocycles. The molecule has 0 bridgehead atoms. The fourth-order valence-electron chi connectivity index (χ4n) is 2.82. The molecule has 1 N–H and O–H groups in total. The summed E-state index contributed by atoms with van der Waals surface area (Å²) < 4.78 is 5.41. The maximum atomic E-state index is 8.79. The fourth-order valence-corrected chi connectivity index (χ4v) is 2.82. The number of hydrogen-bond donors (Lipinski definition) is 1. The van der Waals surface area contributed by atoms with Crippen molar-refractivity contribution in [1.82, 2.24) is 4.90 Å². The summed E-state index contributed by atoms with van der Waals surface area (Å²) in [7, 11) is 0.